The second kappa shape index (κ2) is 11.1. The number of benzene rings is 3. The minimum absolute atomic E-state index is 0.136. The summed E-state index contributed by atoms with van der Waals surface area (Å²) in [5, 5.41) is 8.89. The molecule has 3 aromatic rings. The summed E-state index contributed by atoms with van der Waals surface area (Å²) in [5.74, 6) is -0.153. The molecular formula is C29H34N4O2. The van der Waals surface area contributed by atoms with Gasteiger partial charge in [-0.2, -0.15) is 0 Å². The van der Waals surface area contributed by atoms with E-state index in [9.17, 15) is 9.59 Å². The average molecular weight is 471 g/mol. The summed E-state index contributed by atoms with van der Waals surface area (Å²) in [6, 6.07) is 20.8. The maximum atomic E-state index is 13.4. The van der Waals surface area contributed by atoms with Crippen LogP contribution in [0.2, 0.25) is 0 Å². The van der Waals surface area contributed by atoms with Crippen LogP contribution in [0, 0.1) is 13.8 Å². The summed E-state index contributed by atoms with van der Waals surface area (Å²) in [7, 11) is 0. The highest BCUT2D eigenvalue weighted by Crippen LogP contribution is 2.28. The van der Waals surface area contributed by atoms with E-state index in [0.29, 0.717) is 11.3 Å². The van der Waals surface area contributed by atoms with Crippen LogP contribution in [0.1, 0.15) is 59.3 Å². The summed E-state index contributed by atoms with van der Waals surface area (Å²) in [4.78, 5) is 28.4. The third-order valence-electron chi connectivity index (χ3n) is 6.61. The van der Waals surface area contributed by atoms with Crippen molar-refractivity contribution in [2.75, 3.05) is 28.6 Å². The van der Waals surface area contributed by atoms with E-state index >= 15 is 0 Å². The van der Waals surface area contributed by atoms with E-state index in [2.05, 4.69) is 20.9 Å². The molecule has 3 amide bonds. The molecule has 3 aromatic carbocycles. The Morgan fingerprint density at radius 2 is 1.46 bits per heavy atom. The molecule has 0 aliphatic carbocycles. The first-order chi connectivity index (χ1) is 16.9. The van der Waals surface area contributed by atoms with Crippen molar-refractivity contribution in [1.82, 2.24) is 5.32 Å². The highest BCUT2D eigenvalue weighted by Gasteiger charge is 2.21. The zero-order valence-corrected chi connectivity index (χ0v) is 20.7. The Morgan fingerprint density at radius 1 is 0.800 bits per heavy atom. The van der Waals surface area contributed by atoms with Gasteiger partial charge in [0.25, 0.3) is 5.91 Å². The largest absolute Gasteiger partial charge is 0.371 e. The van der Waals surface area contributed by atoms with Crippen LogP contribution in [-0.4, -0.2) is 25.0 Å². The van der Waals surface area contributed by atoms with Crippen LogP contribution in [-0.2, 0) is 0 Å². The van der Waals surface area contributed by atoms with E-state index in [1.54, 1.807) is 6.07 Å². The quantitative estimate of drug-likeness (QED) is 0.389. The van der Waals surface area contributed by atoms with E-state index in [1.165, 1.54) is 12.0 Å². The average Bonchev–Trinajstić information content (AvgIpc) is 2.87. The highest BCUT2D eigenvalue weighted by molar-refractivity contribution is 6.04. The Bertz CT molecular complexity index is 1190. The molecule has 1 saturated heterocycles. The van der Waals surface area contributed by atoms with Crippen molar-refractivity contribution >= 4 is 29.0 Å². The summed E-state index contributed by atoms with van der Waals surface area (Å²) >= 11 is 0. The van der Waals surface area contributed by atoms with Crippen LogP contribution in [0.4, 0.5) is 21.9 Å². The fraction of sp³-hybridized carbons (Fsp3) is 0.310. The summed E-state index contributed by atoms with van der Waals surface area (Å²) in [6.45, 7) is 7.88. The highest BCUT2D eigenvalue weighted by atomic mass is 16.2. The standard InChI is InChI=1S/C29H34N4O2/c1-20-12-13-24(18-21(20)2)31-29(35)32-25-14-15-27(33-16-8-5-9-17-33)26(19-25)28(34)30-22(3)23-10-6-4-7-11-23/h4,6-7,10-15,18-19,22H,5,8-9,16-17H2,1-3H3,(H,30,34)(H2,31,32,35). The lowest BCUT2D eigenvalue weighted by Gasteiger charge is -2.31. The normalized spacial score (nSPS) is 14.2. The molecule has 1 unspecified atom stereocenters. The molecule has 1 aliphatic rings. The van der Waals surface area contributed by atoms with Gasteiger partial charge in [-0.15, -0.1) is 0 Å². The van der Waals surface area contributed by atoms with Gasteiger partial charge in [-0.25, -0.2) is 4.79 Å². The van der Waals surface area contributed by atoms with Gasteiger partial charge in [0.2, 0.25) is 0 Å². The molecule has 35 heavy (non-hydrogen) atoms. The molecule has 182 valence electrons. The number of urea groups is 1. The van der Waals surface area contributed by atoms with E-state index in [-0.39, 0.29) is 18.0 Å². The predicted molar refractivity (Wildman–Crippen MR) is 143 cm³/mol. The molecule has 0 aromatic heterocycles. The summed E-state index contributed by atoms with van der Waals surface area (Å²) in [6.07, 6.45) is 3.43. The van der Waals surface area contributed by atoms with Crippen molar-refractivity contribution in [3.63, 3.8) is 0 Å². The molecule has 1 fully saturated rings. The number of hydrogen-bond acceptors (Lipinski definition) is 3. The van der Waals surface area contributed by atoms with Gasteiger partial charge < -0.3 is 20.9 Å². The zero-order valence-electron chi connectivity index (χ0n) is 20.7. The van der Waals surface area contributed by atoms with E-state index < -0.39 is 0 Å². The Balaban J connectivity index is 1.54. The molecule has 0 spiro atoms. The smallest absolute Gasteiger partial charge is 0.323 e. The van der Waals surface area contributed by atoms with Gasteiger partial charge in [-0.1, -0.05) is 36.4 Å². The van der Waals surface area contributed by atoms with Crippen molar-refractivity contribution in [2.24, 2.45) is 0 Å². The van der Waals surface area contributed by atoms with Crippen molar-refractivity contribution in [1.29, 1.82) is 0 Å². The number of amides is 3. The molecular weight excluding hydrogens is 436 g/mol. The molecule has 6 nitrogen and oxygen atoms in total. The van der Waals surface area contributed by atoms with Gasteiger partial charge >= 0.3 is 6.03 Å². The monoisotopic (exact) mass is 470 g/mol. The molecule has 1 heterocycles. The Hall–Kier alpha value is -3.80. The van der Waals surface area contributed by atoms with Gasteiger partial charge in [0.15, 0.2) is 0 Å². The van der Waals surface area contributed by atoms with Gasteiger partial charge in [0.1, 0.15) is 0 Å². The third kappa shape index (κ3) is 6.21. The van der Waals surface area contributed by atoms with Crippen LogP contribution in [0.15, 0.2) is 66.7 Å². The molecule has 0 saturated carbocycles. The van der Waals surface area contributed by atoms with E-state index in [4.69, 9.17) is 0 Å². The minimum atomic E-state index is -0.344. The number of nitrogens with one attached hydrogen (secondary N) is 3. The molecule has 6 heteroatoms. The molecule has 0 bridgehead atoms. The SMILES string of the molecule is Cc1ccc(NC(=O)Nc2ccc(N3CCCCC3)c(C(=O)NC(C)c3ccccc3)c2)cc1C. The Labute approximate surface area is 207 Å². The first-order valence-electron chi connectivity index (χ1n) is 12.3. The maximum Gasteiger partial charge on any atom is 0.323 e. The van der Waals surface area contributed by atoms with Crippen LogP contribution in [0.25, 0.3) is 0 Å². The van der Waals surface area contributed by atoms with Crippen molar-refractivity contribution in [2.45, 2.75) is 46.1 Å². The van der Waals surface area contributed by atoms with E-state index in [0.717, 1.165) is 48.4 Å². The number of carbonyl (C=O) groups excluding carboxylic acids is 2. The Morgan fingerprint density at radius 3 is 2.14 bits per heavy atom. The van der Waals surface area contributed by atoms with Gasteiger partial charge in [0, 0.05) is 30.2 Å². The molecule has 4 rings (SSSR count). The summed E-state index contributed by atoms with van der Waals surface area (Å²) in [5.41, 5.74) is 6.10. The number of piperidine rings is 1. The fourth-order valence-corrected chi connectivity index (χ4v) is 4.42. The Kier molecular flexibility index (Phi) is 7.70. The number of rotatable bonds is 6. The lowest BCUT2D eigenvalue weighted by molar-refractivity contribution is 0.0940. The van der Waals surface area contributed by atoms with Crippen molar-refractivity contribution < 1.29 is 9.59 Å². The first-order valence-corrected chi connectivity index (χ1v) is 12.3. The number of carbonyl (C=O) groups is 2. The van der Waals surface area contributed by atoms with Gasteiger partial charge in [-0.3, -0.25) is 4.79 Å². The maximum absolute atomic E-state index is 13.4. The van der Waals surface area contributed by atoms with Gasteiger partial charge in [0.05, 0.1) is 11.6 Å². The van der Waals surface area contributed by atoms with Crippen LogP contribution in [0.3, 0.4) is 0 Å². The number of nitrogens with zero attached hydrogens (tertiary/aromatic N) is 1. The number of anilines is 3. The minimum Gasteiger partial charge on any atom is -0.371 e. The lowest BCUT2D eigenvalue weighted by atomic mass is 10.0. The fourth-order valence-electron chi connectivity index (χ4n) is 4.42. The molecule has 1 aliphatic heterocycles. The molecule has 0 radical (unpaired) electrons. The molecule has 1 atom stereocenters. The van der Waals surface area contributed by atoms with Crippen LogP contribution in [0.5, 0.6) is 0 Å². The van der Waals surface area contributed by atoms with Crippen LogP contribution >= 0.6 is 0 Å². The number of aryl methyl sites for hydroxylation is 2. The zero-order chi connectivity index (χ0) is 24.8. The van der Waals surface area contributed by atoms with Gasteiger partial charge in [-0.05, 0) is 87.1 Å². The lowest BCUT2D eigenvalue weighted by Crippen LogP contribution is -2.33. The first kappa shape index (κ1) is 24.3. The molecule has 3 N–H and O–H groups in total. The topological polar surface area (TPSA) is 73.5 Å². The second-order valence-corrected chi connectivity index (χ2v) is 9.26. The third-order valence-corrected chi connectivity index (χ3v) is 6.61. The van der Waals surface area contributed by atoms with Crippen LogP contribution < -0.4 is 20.9 Å². The summed E-state index contributed by atoms with van der Waals surface area (Å²) < 4.78 is 0. The van der Waals surface area contributed by atoms with E-state index in [1.807, 2.05) is 81.4 Å². The number of hydrogen-bond donors (Lipinski definition) is 3. The second-order valence-electron chi connectivity index (χ2n) is 9.26. The van der Waals surface area contributed by atoms with Crippen molar-refractivity contribution in [3.05, 3.63) is 89.0 Å². The van der Waals surface area contributed by atoms with Crippen molar-refractivity contribution in [3.8, 4) is 0 Å². The predicted octanol–water partition coefficient (Wildman–Crippen LogP) is 6.43.